The number of hydrogen-bond acceptors (Lipinski definition) is 2. The molecule has 0 atom stereocenters. The molecule has 100 valence electrons. The number of para-hydroxylation sites is 1. The molecule has 0 aliphatic heterocycles. The highest BCUT2D eigenvalue weighted by atomic mass is 16.4. The minimum Gasteiger partial charge on any atom is -0.478 e. The van der Waals surface area contributed by atoms with E-state index < -0.39 is 5.97 Å². The first-order valence-corrected chi connectivity index (χ1v) is 6.15. The Morgan fingerprint density at radius 1 is 1.40 bits per heavy atom. The second-order valence-corrected chi connectivity index (χ2v) is 4.52. The second-order valence-electron chi connectivity index (χ2n) is 4.52. The van der Waals surface area contributed by atoms with Crippen molar-refractivity contribution in [3.63, 3.8) is 0 Å². The third kappa shape index (κ3) is 2.09. The Balaban J connectivity index is 2.06. The zero-order valence-electron chi connectivity index (χ0n) is 10.9. The molecule has 2 N–H and O–H groups in total. The lowest BCUT2D eigenvalue weighted by Crippen LogP contribution is -1.86. The number of carboxylic acids is 1. The van der Waals surface area contributed by atoms with Gasteiger partial charge in [0.05, 0.1) is 11.9 Å². The Kier molecular flexibility index (Phi) is 2.87. The van der Waals surface area contributed by atoms with Crippen molar-refractivity contribution >= 4 is 22.9 Å². The maximum atomic E-state index is 10.5. The van der Waals surface area contributed by atoms with Crippen LogP contribution in [0.25, 0.3) is 28.2 Å². The SMILES string of the molecule is Cn1cc(-c2cnc(/C=C/C(=O)O)[nH]2)c2ccccc21. The van der Waals surface area contributed by atoms with Gasteiger partial charge in [0.1, 0.15) is 5.82 Å². The van der Waals surface area contributed by atoms with Crippen LogP contribution in [0.1, 0.15) is 5.82 Å². The third-order valence-electron chi connectivity index (χ3n) is 3.17. The highest BCUT2D eigenvalue weighted by molar-refractivity contribution is 5.95. The van der Waals surface area contributed by atoms with Crippen molar-refractivity contribution in [1.82, 2.24) is 14.5 Å². The molecule has 1 aromatic carbocycles. The number of aromatic nitrogens is 3. The van der Waals surface area contributed by atoms with Crippen molar-refractivity contribution < 1.29 is 9.90 Å². The lowest BCUT2D eigenvalue weighted by Gasteiger charge is -1.94. The Bertz CT molecular complexity index is 812. The summed E-state index contributed by atoms with van der Waals surface area (Å²) < 4.78 is 2.05. The first-order valence-electron chi connectivity index (χ1n) is 6.15. The number of nitrogens with one attached hydrogen (secondary N) is 1. The molecule has 0 fully saturated rings. The van der Waals surface area contributed by atoms with Crippen LogP contribution in [0.5, 0.6) is 0 Å². The van der Waals surface area contributed by atoms with Crippen LogP contribution in [0.3, 0.4) is 0 Å². The predicted octanol–water partition coefficient (Wildman–Crippen LogP) is 2.67. The van der Waals surface area contributed by atoms with E-state index in [0.717, 1.165) is 28.2 Å². The Hall–Kier alpha value is -2.82. The van der Waals surface area contributed by atoms with Crippen molar-refractivity contribution in [3.8, 4) is 11.3 Å². The first-order chi connectivity index (χ1) is 9.65. The summed E-state index contributed by atoms with van der Waals surface area (Å²) in [6, 6.07) is 8.10. The highest BCUT2D eigenvalue weighted by Gasteiger charge is 2.09. The van der Waals surface area contributed by atoms with E-state index in [2.05, 4.69) is 26.7 Å². The lowest BCUT2D eigenvalue weighted by atomic mass is 10.1. The Morgan fingerprint density at radius 3 is 3.00 bits per heavy atom. The van der Waals surface area contributed by atoms with Gasteiger partial charge in [-0.25, -0.2) is 9.78 Å². The summed E-state index contributed by atoms with van der Waals surface area (Å²) in [6.07, 6.45) is 6.24. The highest BCUT2D eigenvalue weighted by Crippen LogP contribution is 2.28. The number of benzene rings is 1. The van der Waals surface area contributed by atoms with E-state index >= 15 is 0 Å². The number of H-pyrrole nitrogens is 1. The summed E-state index contributed by atoms with van der Waals surface area (Å²) >= 11 is 0. The predicted molar refractivity (Wildman–Crippen MR) is 77.2 cm³/mol. The van der Waals surface area contributed by atoms with E-state index in [0.29, 0.717) is 5.82 Å². The minimum atomic E-state index is -0.992. The number of nitrogens with zero attached hydrogens (tertiary/aromatic N) is 2. The van der Waals surface area contributed by atoms with Crippen LogP contribution in [0, 0.1) is 0 Å². The Labute approximate surface area is 115 Å². The molecule has 2 heterocycles. The number of rotatable bonds is 3. The van der Waals surface area contributed by atoms with Crippen LogP contribution >= 0.6 is 0 Å². The number of carboxylic acid groups (broad SMARTS) is 1. The third-order valence-corrected chi connectivity index (χ3v) is 3.17. The maximum Gasteiger partial charge on any atom is 0.328 e. The summed E-state index contributed by atoms with van der Waals surface area (Å²) in [4.78, 5) is 17.8. The van der Waals surface area contributed by atoms with Crippen molar-refractivity contribution in [2.24, 2.45) is 7.05 Å². The summed E-state index contributed by atoms with van der Waals surface area (Å²) in [6.45, 7) is 0. The van der Waals surface area contributed by atoms with E-state index in [1.165, 1.54) is 6.08 Å². The molecule has 2 aromatic heterocycles. The number of aryl methyl sites for hydroxylation is 1. The van der Waals surface area contributed by atoms with Crippen LogP contribution in [-0.2, 0) is 11.8 Å². The van der Waals surface area contributed by atoms with Gasteiger partial charge in [-0.05, 0) is 12.1 Å². The monoisotopic (exact) mass is 267 g/mol. The number of hydrogen-bond donors (Lipinski definition) is 2. The van der Waals surface area contributed by atoms with Gasteiger partial charge in [0, 0.05) is 35.8 Å². The molecule has 3 rings (SSSR count). The van der Waals surface area contributed by atoms with Gasteiger partial charge in [-0.1, -0.05) is 18.2 Å². The summed E-state index contributed by atoms with van der Waals surface area (Å²) in [7, 11) is 1.99. The molecular weight excluding hydrogens is 254 g/mol. The van der Waals surface area contributed by atoms with Crippen LogP contribution in [-0.4, -0.2) is 25.6 Å². The molecule has 0 bridgehead atoms. The fraction of sp³-hybridized carbons (Fsp3) is 0.0667. The van der Waals surface area contributed by atoms with Gasteiger partial charge < -0.3 is 14.7 Å². The van der Waals surface area contributed by atoms with Gasteiger partial charge in [0.2, 0.25) is 0 Å². The zero-order valence-corrected chi connectivity index (χ0v) is 10.9. The number of imidazole rings is 1. The smallest absolute Gasteiger partial charge is 0.328 e. The van der Waals surface area contributed by atoms with E-state index in [4.69, 9.17) is 5.11 Å². The van der Waals surface area contributed by atoms with Crippen molar-refractivity contribution in [1.29, 1.82) is 0 Å². The topological polar surface area (TPSA) is 70.9 Å². The Morgan fingerprint density at radius 2 is 2.20 bits per heavy atom. The molecular formula is C15H13N3O2. The first kappa shape index (κ1) is 12.2. The summed E-state index contributed by atoms with van der Waals surface area (Å²) in [5, 5.41) is 9.74. The second kappa shape index (κ2) is 4.70. The van der Waals surface area contributed by atoms with Gasteiger partial charge in [-0.3, -0.25) is 0 Å². The molecule has 0 aliphatic carbocycles. The number of fused-ring (bicyclic) bond motifs is 1. The van der Waals surface area contributed by atoms with Gasteiger partial charge in [0.25, 0.3) is 0 Å². The molecule has 0 saturated heterocycles. The van der Waals surface area contributed by atoms with Crippen LogP contribution in [0.4, 0.5) is 0 Å². The molecule has 0 radical (unpaired) electrons. The molecule has 5 heteroatoms. The van der Waals surface area contributed by atoms with E-state index in [9.17, 15) is 4.79 Å². The molecule has 0 saturated carbocycles. The van der Waals surface area contributed by atoms with E-state index in [-0.39, 0.29) is 0 Å². The largest absolute Gasteiger partial charge is 0.478 e. The minimum absolute atomic E-state index is 0.523. The van der Waals surface area contributed by atoms with Gasteiger partial charge in [0.15, 0.2) is 0 Å². The fourth-order valence-corrected chi connectivity index (χ4v) is 2.26. The van der Waals surface area contributed by atoms with Gasteiger partial charge in [-0.2, -0.15) is 0 Å². The van der Waals surface area contributed by atoms with E-state index in [1.54, 1.807) is 6.20 Å². The standard InChI is InChI=1S/C15H13N3O2/c1-18-9-11(10-4-2-3-5-13(10)18)12-8-16-14(17-12)6-7-15(19)20/h2-9H,1H3,(H,16,17)(H,19,20)/b7-6+. The molecule has 5 nitrogen and oxygen atoms in total. The van der Waals surface area contributed by atoms with E-state index in [1.807, 2.05) is 25.4 Å². The van der Waals surface area contributed by atoms with Crippen molar-refractivity contribution in [2.75, 3.05) is 0 Å². The average Bonchev–Trinajstić information content (AvgIpc) is 3.02. The quantitative estimate of drug-likeness (QED) is 0.717. The molecule has 0 aliphatic rings. The van der Waals surface area contributed by atoms with Crippen LogP contribution < -0.4 is 0 Å². The fourth-order valence-electron chi connectivity index (χ4n) is 2.26. The molecule has 3 aromatic rings. The van der Waals surface area contributed by atoms with Gasteiger partial charge >= 0.3 is 5.97 Å². The maximum absolute atomic E-state index is 10.5. The van der Waals surface area contributed by atoms with Crippen molar-refractivity contribution in [3.05, 3.63) is 48.6 Å². The zero-order chi connectivity index (χ0) is 14.1. The molecule has 0 unspecified atom stereocenters. The van der Waals surface area contributed by atoms with Crippen molar-refractivity contribution in [2.45, 2.75) is 0 Å². The lowest BCUT2D eigenvalue weighted by molar-refractivity contribution is -0.131. The van der Waals surface area contributed by atoms with Gasteiger partial charge in [-0.15, -0.1) is 0 Å². The van der Waals surface area contributed by atoms with Crippen LogP contribution in [0.15, 0.2) is 42.7 Å². The van der Waals surface area contributed by atoms with Crippen LogP contribution in [0.2, 0.25) is 0 Å². The molecule has 20 heavy (non-hydrogen) atoms. The normalized spacial score (nSPS) is 11.4. The summed E-state index contributed by atoms with van der Waals surface area (Å²) in [5.41, 5.74) is 3.05. The average molecular weight is 267 g/mol. The number of aromatic amines is 1. The summed E-state index contributed by atoms with van der Waals surface area (Å²) in [5.74, 6) is -0.469. The molecule has 0 spiro atoms. The number of aliphatic carboxylic acids is 1. The molecule has 0 amide bonds. The number of carbonyl (C=O) groups is 1.